The van der Waals surface area contributed by atoms with Crippen molar-refractivity contribution >= 4 is 5.69 Å². The average Bonchev–Trinajstić information content (AvgIpc) is 2.59. The molecule has 0 unspecified atom stereocenters. The second-order valence-corrected chi connectivity index (χ2v) is 5.60. The van der Waals surface area contributed by atoms with Gasteiger partial charge in [-0.25, -0.2) is 4.39 Å². The molecule has 1 atom stereocenters. The maximum absolute atomic E-state index is 14.0. The Morgan fingerprint density at radius 3 is 2.64 bits per heavy atom. The molecule has 1 aliphatic rings. The molecule has 0 fully saturated rings. The van der Waals surface area contributed by atoms with Gasteiger partial charge in [-0.15, -0.1) is 0 Å². The van der Waals surface area contributed by atoms with Gasteiger partial charge in [-0.05, 0) is 29.8 Å². The molecular weight excluding hydrogens is 340 g/mol. The Bertz CT molecular complexity index is 793. The van der Waals surface area contributed by atoms with Crippen LogP contribution in [-0.2, 0) is 6.18 Å². The standard InChI is InChI=1S/C17H16F4N2O2/c1-24-10-2-3-12(14(6-10)17(19,20)21)13-4-9(18)5-15-16(13)25-11(7-22)8-23-15/h2-6,11,23H,7-8,22H2,1H3/t11-/m1/s1. The number of anilines is 1. The van der Waals surface area contributed by atoms with Gasteiger partial charge in [0.2, 0.25) is 0 Å². The highest BCUT2D eigenvalue weighted by atomic mass is 19.4. The molecule has 0 aliphatic carbocycles. The van der Waals surface area contributed by atoms with Gasteiger partial charge in [0.15, 0.2) is 5.75 Å². The smallest absolute Gasteiger partial charge is 0.417 e. The Morgan fingerprint density at radius 2 is 2.00 bits per heavy atom. The second-order valence-electron chi connectivity index (χ2n) is 5.60. The van der Waals surface area contributed by atoms with E-state index in [1.165, 1.54) is 25.3 Å². The SMILES string of the molecule is COc1ccc(-c2cc(F)cc3c2O[C@H](CN)CN3)c(C(F)(F)F)c1. The van der Waals surface area contributed by atoms with E-state index < -0.39 is 23.7 Å². The molecule has 8 heteroatoms. The summed E-state index contributed by atoms with van der Waals surface area (Å²) in [6, 6.07) is 5.72. The zero-order valence-corrected chi connectivity index (χ0v) is 13.3. The highest BCUT2D eigenvalue weighted by Gasteiger charge is 2.36. The molecule has 0 saturated heterocycles. The van der Waals surface area contributed by atoms with Crippen LogP contribution in [0.4, 0.5) is 23.2 Å². The van der Waals surface area contributed by atoms with Crippen LogP contribution < -0.4 is 20.5 Å². The fourth-order valence-corrected chi connectivity index (χ4v) is 2.74. The third-order valence-corrected chi connectivity index (χ3v) is 3.94. The first-order valence-electron chi connectivity index (χ1n) is 7.53. The van der Waals surface area contributed by atoms with Crippen molar-refractivity contribution in [2.24, 2.45) is 5.73 Å². The van der Waals surface area contributed by atoms with Gasteiger partial charge in [0.25, 0.3) is 0 Å². The number of hydrogen-bond acceptors (Lipinski definition) is 4. The molecule has 3 N–H and O–H groups in total. The number of alkyl halides is 3. The van der Waals surface area contributed by atoms with Crippen LogP contribution >= 0.6 is 0 Å². The van der Waals surface area contributed by atoms with Crippen LogP contribution in [0.25, 0.3) is 11.1 Å². The number of fused-ring (bicyclic) bond motifs is 1. The number of ether oxygens (including phenoxy) is 2. The zero-order chi connectivity index (χ0) is 18.2. The molecule has 1 heterocycles. The van der Waals surface area contributed by atoms with Crippen LogP contribution in [-0.4, -0.2) is 26.3 Å². The molecule has 3 rings (SSSR count). The first kappa shape index (κ1) is 17.3. The lowest BCUT2D eigenvalue weighted by molar-refractivity contribution is -0.137. The first-order chi connectivity index (χ1) is 11.8. The maximum atomic E-state index is 14.0. The van der Waals surface area contributed by atoms with Crippen LogP contribution in [0.2, 0.25) is 0 Å². The number of nitrogens with one attached hydrogen (secondary N) is 1. The van der Waals surface area contributed by atoms with Crippen molar-refractivity contribution in [1.82, 2.24) is 0 Å². The predicted octanol–water partition coefficient (Wildman–Crippen LogP) is 3.65. The maximum Gasteiger partial charge on any atom is 0.417 e. The minimum atomic E-state index is -4.64. The van der Waals surface area contributed by atoms with Crippen molar-refractivity contribution in [2.75, 3.05) is 25.5 Å². The van der Waals surface area contributed by atoms with Gasteiger partial charge < -0.3 is 20.5 Å². The Labute approximate surface area is 141 Å². The average molecular weight is 356 g/mol. The van der Waals surface area contributed by atoms with Gasteiger partial charge in [0.1, 0.15) is 17.7 Å². The lowest BCUT2D eigenvalue weighted by Crippen LogP contribution is -2.37. The lowest BCUT2D eigenvalue weighted by Gasteiger charge is -2.29. The van der Waals surface area contributed by atoms with Gasteiger partial charge in [-0.2, -0.15) is 13.2 Å². The quantitative estimate of drug-likeness (QED) is 0.825. The van der Waals surface area contributed by atoms with Crippen LogP contribution in [0.15, 0.2) is 30.3 Å². The summed E-state index contributed by atoms with van der Waals surface area (Å²) < 4.78 is 65.0. The molecule has 4 nitrogen and oxygen atoms in total. The molecule has 0 radical (unpaired) electrons. The van der Waals surface area contributed by atoms with Crippen molar-refractivity contribution in [1.29, 1.82) is 0 Å². The molecule has 1 aliphatic heterocycles. The molecule has 134 valence electrons. The fraction of sp³-hybridized carbons (Fsp3) is 0.294. The third kappa shape index (κ3) is 3.34. The van der Waals surface area contributed by atoms with Crippen LogP contribution in [0.3, 0.4) is 0 Å². The topological polar surface area (TPSA) is 56.5 Å². The van der Waals surface area contributed by atoms with E-state index in [-0.39, 0.29) is 29.2 Å². The van der Waals surface area contributed by atoms with E-state index in [1.807, 2.05) is 0 Å². The van der Waals surface area contributed by atoms with E-state index in [9.17, 15) is 17.6 Å². The molecule has 0 aromatic heterocycles. The van der Waals surface area contributed by atoms with Crippen molar-refractivity contribution in [2.45, 2.75) is 12.3 Å². The van der Waals surface area contributed by atoms with Gasteiger partial charge >= 0.3 is 6.18 Å². The zero-order valence-electron chi connectivity index (χ0n) is 13.3. The Hall–Kier alpha value is -2.48. The molecule has 25 heavy (non-hydrogen) atoms. The molecule has 0 spiro atoms. The van der Waals surface area contributed by atoms with Gasteiger partial charge in [-0.1, -0.05) is 0 Å². The monoisotopic (exact) mass is 356 g/mol. The summed E-state index contributed by atoms with van der Waals surface area (Å²) in [4.78, 5) is 0. The molecule has 0 saturated carbocycles. The van der Waals surface area contributed by atoms with E-state index >= 15 is 0 Å². The van der Waals surface area contributed by atoms with Crippen LogP contribution in [0, 0.1) is 5.82 Å². The van der Waals surface area contributed by atoms with Gasteiger partial charge in [-0.3, -0.25) is 0 Å². The van der Waals surface area contributed by atoms with Crippen molar-refractivity contribution in [3.8, 4) is 22.6 Å². The highest BCUT2D eigenvalue weighted by molar-refractivity contribution is 5.81. The van der Waals surface area contributed by atoms with Crippen molar-refractivity contribution < 1.29 is 27.0 Å². The van der Waals surface area contributed by atoms with Crippen LogP contribution in [0.1, 0.15) is 5.56 Å². The van der Waals surface area contributed by atoms with E-state index in [4.69, 9.17) is 15.2 Å². The first-order valence-corrected chi connectivity index (χ1v) is 7.53. The van der Waals surface area contributed by atoms with E-state index in [2.05, 4.69) is 5.32 Å². The lowest BCUT2D eigenvalue weighted by atomic mass is 9.96. The van der Waals surface area contributed by atoms with E-state index in [0.717, 1.165) is 12.1 Å². The minimum Gasteiger partial charge on any atom is -0.497 e. The Balaban J connectivity index is 2.22. The summed E-state index contributed by atoms with van der Waals surface area (Å²) >= 11 is 0. The van der Waals surface area contributed by atoms with Gasteiger partial charge in [0.05, 0.1) is 24.9 Å². The summed E-state index contributed by atoms with van der Waals surface area (Å²) in [6.45, 7) is 0.527. The molecule has 2 aromatic carbocycles. The molecule has 0 amide bonds. The minimum absolute atomic E-state index is 0.00984. The number of halogens is 4. The normalized spacial score (nSPS) is 16.6. The number of rotatable bonds is 3. The van der Waals surface area contributed by atoms with Gasteiger partial charge in [0, 0.05) is 18.2 Å². The predicted molar refractivity (Wildman–Crippen MR) is 85.4 cm³/mol. The molecular formula is C17H16F4N2O2. The van der Waals surface area contributed by atoms with Crippen LogP contribution in [0.5, 0.6) is 11.5 Å². The number of benzene rings is 2. The number of hydrogen-bond donors (Lipinski definition) is 2. The fourth-order valence-electron chi connectivity index (χ4n) is 2.74. The third-order valence-electron chi connectivity index (χ3n) is 3.94. The molecule has 2 aromatic rings. The summed E-state index contributed by atoms with van der Waals surface area (Å²) in [5.41, 5.74) is 4.76. The number of nitrogens with two attached hydrogens (primary N) is 1. The summed E-state index contributed by atoms with van der Waals surface area (Å²) in [6.07, 6.45) is -5.05. The van der Waals surface area contributed by atoms with E-state index in [0.29, 0.717) is 12.2 Å². The van der Waals surface area contributed by atoms with Crippen molar-refractivity contribution in [3.05, 3.63) is 41.7 Å². The number of methoxy groups -OCH3 is 1. The van der Waals surface area contributed by atoms with E-state index in [1.54, 1.807) is 0 Å². The Morgan fingerprint density at radius 1 is 1.24 bits per heavy atom. The highest BCUT2D eigenvalue weighted by Crippen LogP contribution is 2.45. The summed E-state index contributed by atoms with van der Waals surface area (Å²) in [5, 5.41) is 2.94. The summed E-state index contributed by atoms with van der Waals surface area (Å²) in [7, 11) is 1.28. The molecule has 0 bridgehead atoms. The second kappa shape index (κ2) is 6.44. The van der Waals surface area contributed by atoms with Crippen molar-refractivity contribution in [3.63, 3.8) is 0 Å². The summed E-state index contributed by atoms with van der Waals surface area (Å²) in [5.74, 6) is -0.459. The Kier molecular flexibility index (Phi) is 4.47. The largest absolute Gasteiger partial charge is 0.497 e.